The molecule has 3 aliphatic rings. The highest BCUT2D eigenvalue weighted by Crippen LogP contribution is 2.57. The average Bonchev–Trinajstić information content (AvgIpc) is 2.63. The highest BCUT2D eigenvalue weighted by Gasteiger charge is 2.45. The van der Waals surface area contributed by atoms with Crippen LogP contribution in [-0.2, 0) is 0 Å². The minimum atomic E-state index is 0.672. The van der Waals surface area contributed by atoms with Crippen molar-refractivity contribution in [2.24, 2.45) is 11.8 Å². The standard InChI is InChI=1S/C14H12/c1-2-4-12-10(3-1)11-7-5-9-6-8-13(11)14(9)12/h1-9,11,13-14H/t9-,11+,13+,14-/m1/s1. The number of hydrogen-bond acceptors (Lipinski definition) is 0. The van der Waals surface area contributed by atoms with Gasteiger partial charge in [0.25, 0.3) is 0 Å². The van der Waals surface area contributed by atoms with Gasteiger partial charge in [0.2, 0.25) is 0 Å². The summed E-state index contributed by atoms with van der Waals surface area (Å²) in [5.74, 6) is 2.88. The van der Waals surface area contributed by atoms with Crippen LogP contribution in [0, 0.1) is 11.8 Å². The molecule has 4 rings (SSSR count). The topological polar surface area (TPSA) is 0 Å². The van der Waals surface area contributed by atoms with Crippen molar-refractivity contribution in [1.82, 2.24) is 0 Å². The van der Waals surface area contributed by atoms with E-state index < -0.39 is 0 Å². The van der Waals surface area contributed by atoms with Gasteiger partial charge >= 0.3 is 0 Å². The first kappa shape index (κ1) is 7.05. The van der Waals surface area contributed by atoms with E-state index in [4.69, 9.17) is 0 Å². The van der Waals surface area contributed by atoms with E-state index in [0.29, 0.717) is 11.8 Å². The van der Waals surface area contributed by atoms with E-state index in [0.717, 1.165) is 11.8 Å². The van der Waals surface area contributed by atoms with E-state index in [1.807, 2.05) is 0 Å². The lowest BCUT2D eigenvalue weighted by molar-refractivity contribution is 0.476. The predicted octanol–water partition coefficient (Wildman–Crippen LogP) is 3.24. The van der Waals surface area contributed by atoms with Crippen molar-refractivity contribution >= 4 is 0 Å². The number of hydrogen-bond donors (Lipinski definition) is 0. The van der Waals surface area contributed by atoms with Gasteiger partial charge in [-0.25, -0.2) is 0 Å². The molecule has 14 heavy (non-hydrogen) atoms. The largest absolute Gasteiger partial charge is 0.0832 e. The summed E-state index contributed by atoms with van der Waals surface area (Å²) in [5, 5.41) is 0. The van der Waals surface area contributed by atoms with Crippen molar-refractivity contribution in [2.75, 3.05) is 0 Å². The summed E-state index contributed by atoms with van der Waals surface area (Å²) in [6.45, 7) is 0. The molecule has 1 aromatic carbocycles. The second-order valence-electron chi connectivity index (χ2n) is 4.60. The first-order valence-corrected chi connectivity index (χ1v) is 5.40. The van der Waals surface area contributed by atoms with E-state index in [1.54, 1.807) is 11.1 Å². The monoisotopic (exact) mass is 180 g/mol. The summed E-state index contributed by atoms with van der Waals surface area (Å²) in [4.78, 5) is 0. The number of allylic oxidation sites excluding steroid dienone is 4. The Kier molecular flexibility index (Phi) is 1.11. The van der Waals surface area contributed by atoms with Gasteiger partial charge in [-0.3, -0.25) is 0 Å². The molecular weight excluding hydrogens is 168 g/mol. The summed E-state index contributed by atoms with van der Waals surface area (Å²) in [6, 6.07) is 8.97. The van der Waals surface area contributed by atoms with Crippen molar-refractivity contribution in [3.05, 3.63) is 59.7 Å². The highest BCUT2D eigenvalue weighted by molar-refractivity contribution is 5.50. The molecule has 0 saturated carbocycles. The third-order valence-electron chi connectivity index (χ3n) is 4.05. The average molecular weight is 180 g/mol. The quantitative estimate of drug-likeness (QED) is 0.538. The number of rotatable bonds is 0. The maximum Gasteiger partial charge on any atom is 0.00900 e. The van der Waals surface area contributed by atoms with Crippen molar-refractivity contribution in [3.8, 4) is 0 Å². The Bertz CT molecular complexity index is 453. The van der Waals surface area contributed by atoms with Gasteiger partial charge in [-0.1, -0.05) is 48.6 Å². The van der Waals surface area contributed by atoms with E-state index in [9.17, 15) is 0 Å². The van der Waals surface area contributed by atoms with Crippen LogP contribution in [0.4, 0.5) is 0 Å². The molecule has 0 nitrogen and oxygen atoms in total. The van der Waals surface area contributed by atoms with Crippen LogP contribution in [0.2, 0.25) is 0 Å². The molecule has 0 aliphatic heterocycles. The Morgan fingerprint density at radius 1 is 0.786 bits per heavy atom. The maximum atomic E-state index is 2.43. The Morgan fingerprint density at radius 3 is 2.50 bits per heavy atom. The van der Waals surface area contributed by atoms with Gasteiger partial charge in [0.15, 0.2) is 0 Å². The van der Waals surface area contributed by atoms with Crippen LogP contribution >= 0.6 is 0 Å². The SMILES string of the molecule is C1=C[C@@H]2[C@H]3c4ccccc4[C@@H]2C=C[C@H]13. The Labute approximate surface area is 84.0 Å². The van der Waals surface area contributed by atoms with Crippen molar-refractivity contribution < 1.29 is 0 Å². The van der Waals surface area contributed by atoms with Gasteiger partial charge in [-0.15, -0.1) is 0 Å². The maximum absolute atomic E-state index is 2.43. The van der Waals surface area contributed by atoms with E-state index in [2.05, 4.69) is 48.6 Å². The molecule has 0 radical (unpaired) electrons. The van der Waals surface area contributed by atoms with Crippen molar-refractivity contribution in [2.45, 2.75) is 11.8 Å². The van der Waals surface area contributed by atoms with Gasteiger partial charge in [0.1, 0.15) is 0 Å². The Morgan fingerprint density at radius 2 is 1.57 bits per heavy atom. The third-order valence-corrected chi connectivity index (χ3v) is 4.05. The second-order valence-corrected chi connectivity index (χ2v) is 4.60. The Balaban J connectivity index is 2.03. The lowest BCUT2D eigenvalue weighted by atomic mass is 9.80. The summed E-state index contributed by atoms with van der Waals surface area (Å²) in [7, 11) is 0. The molecule has 4 atom stereocenters. The minimum Gasteiger partial charge on any atom is -0.0832 e. The lowest BCUT2D eigenvalue weighted by Gasteiger charge is -2.22. The zero-order chi connectivity index (χ0) is 9.12. The number of benzene rings is 1. The molecule has 68 valence electrons. The van der Waals surface area contributed by atoms with Crippen molar-refractivity contribution in [3.63, 3.8) is 0 Å². The van der Waals surface area contributed by atoms with Crippen LogP contribution in [0.25, 0.3) is 0 Å². The fraction of sp³-hybridized carbons (Fsp3) is 0.286. The Hall–Kier alpha value is -1.30. The lowest BCUT2D eigenvalue weighted by Crippen LogP contribution is -2.13. The van der Waals surface area contributed by atoms with E-state index in [-0.39, 0.29) is 0 Å². The molecule has 0 aromatic heterocycles. The van der Waals surface area contributed by atoms with Gasteiger partial charge in [0, 0.05) is 17.8 Å². The molecule has 0 heterocycles. The van der Waals surface area contributed by atoms with E-state index in [1.165, 1.54) is 0 Å². The zero-order valence-corrected chi connectivity index (χ0v) is 7.93. The highest BCUT2D eigenvalue weighted by atomic mass is 14.5. The van der Waals surface area contributed by atoms with Gasteiger partial charge in [-0.2, -0.15) is 0 Å². The molecule has 0 amide bonds. The van der Waals surface area contributed by atoms with Crippen LogP contribution < -0.4 is 0 Å². The van der Waals surface area contributed by atoms with Crippen LogP contribution in [0.1, 0.15) is 23.0 Å². The summed E-state index contributed by atoms with van der Waals surface area (Å²) >= 11 is 0. The van der Waals surface area contributed by atoms with Gasteiger partial charge < -0.3 is 0 Å². The normalized spacial score (nSPS) is 40.3. The second kappa shape index (κ2) is 2.20. The molecule has 3 aliphatic carbocycles. The predicted molar refractivity (Wildman–Crippen MR) is 57.2 cm³/mol. The molecule has 1 aromatic rings. The fourth-order valence-corrected chi connectivity index (χ4v) is 3.50. The van der Waals surface area contributed by atoms with E-state index >= 15 is 0 Å². The van der Waals surface area contributed by atoms with Crippen LogP contribution in [0.5, 0.6) is 0 Å². The summed E-state index contributed by atoms with van der Waals surface area (Å²) in [6.07, 6.45) is 9.63. The van der Waals surface area contributed by atoms with Crippen LogP contribution in [0.3, 0.4) is 0 Å². The van der Waals surface area contributed by atoms with Gasteiger partial charge in [-0.05, 0) is 17.0 Å². The number of fused-ring (bicyclic) bond motifs is 2. The first-order valence-electron chi connectivity index (χ1n) is 5.40. The van der Waals surface area contributed by atoms with Gasteiger partial charge in [0.05, 0.1) is 0 Å². The van der Waals surface area contributed by atoms with Crippen LogP contribution in [0.15, 0.2) is 48.6 Å². The molecule has 0 fully saturated rings. The molecule has 0 unspecified atom stereocenters. The molecular formula is C14H12. The van der Waals surface area contributed by atoms with Crippen molar-refractivity contribution in [1.29, 1.82) is 0 Å². The molecule has 0 saturated heterocycles. The fourth-order valence-electron chi connectivity index (χ4n) is 3.50. The first-order chi connectivity index (χ1) is 6.95. The molecule has 0 N–H and O–H groups in total. The zero-order valence-electron chi connectivity index (χ0n) is 7.93. The minimum absolute atomic E-state index is 0.672. The smallest absolute Gasteiger partial charge is 0.00900 e. The third kappa shape index (κ3) is 0.639. The van der Waals surface area contributed by atoms with Crippen LogP contribution in [-0.4, -0.2) is 0 Å². The molecule has 4 bridgehead atoms. The summed E-state index contributed by atoms with van der Waals surface area (Å²) in [5.41, 5.74) is 3.17. The molecule has 0 spiro atoms. The molecule has 0 heteroatoms. The summed E-state index contributed by atoms with van der Waals surface area (Å²) < 4.78 is 0.